The number of rotatable bonds is 3. The molecule has 0 bridgehead atoms. The predicted molar refractivity (Wildman–Crippen MR) is 127 cm³/mol. The van der Waals surface area contributed by atoms with Crippen LogP contribution in [0.2, 0.25) is 0 Å². The Kier molecular flexibility index (Phi) is 5.63. The van der Waals surface area contributed by atoms with Crippen LogP contribution in [0.4, 0.5) is 0 Å². The Balaban J connectivity index is 1.92. The van der Waals surface area contributed by atoms with E-state index >= 15 is 0 Å². The van der Waals surface area contributed by atoms with E-state index in [2.05, 4.69) is 13.2 Å². The zero-order valence-electron chi connectivity index (χ0n) is 20.3. The molecule has 7 atom stereocenters. The molecule has 182 valence electrons. The van der Waals surface area contributed by atoms with Gasteiger partial charge in [0.05, 0.1) is 0 Å². The van der Waals surface area contributed by atoms with E-state index in [4.69, 9.17) is 21.1 Å². The Labute approximate surface area is 205 Å². The molecule has 7 heteroatoms. The summed E-state index contributed by atoms with van der Waals surface area (Å²) in [4.78, 5) is 49.9. The van der Waals surface area contributed by atoms with Crippen molar-refractivity contribution in [2.45, 2.75) is 65.6 Å². The Bertz CT molecular complexity index is 1110. The number of carbonyl (C=O) groups excluding carboxylic acids is 4. The number of Topliss-reactive ketones (excluding diaryl/α,β-unsaturated/α-hetero) is 1. The smallest absolute Gasteiger partial charge is 0.303 e. The molecule has 6 nitrogen and oxygen atoms in total. The molecule has 0 saturated heterocycles. The standard InChI is InChI=1S/C27H31ClO6/c1-13-14(2)26(7)19-8-9-25(6)24(18(19)10-21(28)20(26)11-22(13)32)23(33-16(4)30)12-27(25,15(3)29)34-17(5)31/h10-11,18-19,23-24H,1-2,8-9,12H2,3-7H3/t18-,19+,23?,24-,25+,26-,27+/m1/s1. The van der Waals surface area contributed by atoms with Gasteiger partial charge < -0.3 is 9.47 Å². The number of fused-ring (bicyclic) bond motifs is 5. The highest BCUT2D eigenvalue weighted by molar-refractivity contribution is 6.33. The maximum absolute atomic E-state index is 13.1. The largest absolute Gasteiger partial charge is 0.462 e. The number of hydrogen-bond acceptors (Lipinski definition) is 6. The molecule has 4 aliphatic rings. The first-order valence-corrected chi connectivity index (χ1v) is 12.0. The van der Waals surface area contributed by atoms with Gasteiger partial charge in [0, 0.05) is 47.6 Å². The van der Waals surface area contributed by atoms with Crippen molar-refractivity contribution in [1.29, 1.82) is 0 Å². The van der Waals surface area contributed by atoms with E-state index in [1.165, 1.54) is 20.8 Å². The second kappa shape index (κ2) is 7.77. The first-order chi connectivity index (χ1) is 15.7. The quantitative estimate of drug-likeness (QED) is 0.427. The van der Waals surface area contributed by atoms with Gasteiger partial charge in [-0.3, -0.25) is 19.2 Å². The van der Waals surface area contributed by atoms with E-state index in [1.807, 2.05) is 19.9 Å². The van der Waals surface area contributed by atoms with Gasteiger partial charge in [-0.05, 0) is 48.8 Å². The van der Waals surface area contributed by atoms with Crippen molar-refractivity contribution in [3.05, 3.63) is 47.1 Å². The minimum absolute atomic E-state index is 0.0187. The lowest BCUT2D eigenvalue weighted by atomic mass is 9.46. The average molecular weight is 487 g/mol. The zero-order valence-corrected chi connectivity index (χ0v) is 21.1. The van der Waals surface area contributed by atoms with Crippen LogP contribution in [0.3, 0.4) is 0 Å². The second-order valence-corrected chi connectivity index (χ2v) is 11.0. The third-order valence-electron chi connectivity index (χ3n) is 9.07. The first-order valence-electron chi connectivity index (χ1n) is 11.6. The van der Waals surface area contributed by atoms with Gasteiger partial charge in [-0.25, -0.2) is 0 Å². The van der Waals surface area contributed by atoms with Crippen molar-refractivity contribution in [3.8, 4) is 0 Å². The van der Waals surface area contributed by atoms with Crippen LogP contribution in [0.1, 0.15) is 53.9 Å². The normalized spacial score (nSPS) is 40.9. The van der Waals surface area contributed by atoms with E-state index in [1.54, 1.807) is 6.08 Å². The maximum Gasteiger partial charge on any atom is 0.303 e. The predicted octanol–water partition coefficient (Wildman–Crippen LogP) is 4.63. The van der Waals surface area contributed by atoms with Crippen LogP contribution in [0, 0.1) is 28.6 Å². The lowest BCUT2D eigenvalue weighted by molar-refractivity contribution is -0.185. The highest BCUT2D eigenvalue weighted by Gasteiger charge is 2.72. The van der Waals surface area contributed by atoms with Crippen LogP contribution in [-0.2, 0) is 28.7 Å². The molecule has 2 fully saturated rings. The fourth-order valence-electron chi connectivity index (χ4n) is 7.50. The molecule has 0 spiro atoms. The molecule has 0 radical (unpaired) electrons. The summed E-state index contributed by atoms with van der Waals surface area (Å²) in [5, 5.41) is 0.449. The van der Waals surface area contributed by atoms with Crippen molar-refractivity contribution in [1.82, 2.24) is 0 Å². The van der Waals surface area contributed by atoms with Crippen molar-refractivity contribution in [3.63, 3.8) is 0 Å². The third-order valence-corrected chi connectivity index (χ3v) is 9.40. The number of esters is 2. The Hall–Kier alpha value is -2.47. The van der Waals surface area contributed by atoms with Crippen LogP contribution in [0.5, 0.6) is 0 Å². The molecule has 0 aromatic rings. The highest BCUT2D eigenvalue weighted by Crippen LogP contribution is 2.69. The average Bonchev–Trinajstić information content (AvgIpc) is 2.96. The number of carbonyl (C=O) groups is 4. The summed E-state index contributed by atoms with van der Waals surface area (Å²) in [6, 6.07) is 0. The topological polar surface area (TPSA) is 86.7 Å². The van der Waals surface area contributed by atoms with Gasteiger partial charge in [0.1, 0.15) is 6.10 Å². The number of ether oxygens (including phenoxy) is 2. The fourth-order valence-corrected chi connectivity index (χ4v) is 7.89. The van der Waals surface area contributed by atoms with Crippen molar-refractivity contribution < 1.29 is 28.7 Å². The Morgan fingerprint density at radius 1 is 1.12 bits per heavy atom. The number of ketones is 2. The van der Waals surface area contributed by atoms with Gasteiger partial charge in [-0.1, -0.05) is 44.7 Å². The number of hydrogen-bond donors (Lipinski definition) is 0. The van der Waals surface area contributed by atoms with Crippen LogP contribution < -0.4 is 0 Å². The highest BCUT2D eigenvalue weighted by atomic mass is 35.5. The fraction of sp³-hybridized carbons (Fsp3) is 0.556. The van der Waals surface area contributed by atoms with E-state index in [-0.39, 0.29) is 35.7 Å². The summed E-state index contributed by atoms with van der Waals surface area (Å²) in [5.74, 6) is -2.03. The summed E-state index contributed by atoms with van der Waals surface area (Å²) in [5.41, 5.74) is -1.09. The minimum Gasteiger partial charge on any atom is -0.462 e. The molecular weight excluding hydrogens is 456 g/mol. The minimum atomic E-state index is -1.41. The lowest BCUT2D eigenvalue weighted by Gasteiger charge is -2.58. The second-order valence-electron chi connectivity index (χ2n) is 10.6. The van der Waals surface area contributed by atoms with Crippen LogP contribution in [0.15, 0.2) is 47.1 Å². The van der Waals surface area contributed by atoms with Crippen LogP contribution >= 0.6 is 11.6 Å². The molecule has 0 amide bonds. The number of halogens is 1. The molecule has 4 aliphatic carbocycles. The van der Waals surface area contributed by atoms with Crippen LogP contribution in [-0.4, -0.2) is 35.2 Å². The lowest BCUT2D eigenvalue weighted by Crippen LogP contribution is -2.58. The monoisotopic (exact) mass is 486 g/mol. The molecule has 1 unspecified atom stereocenters. The Morgan fingerprint density at radius 3 is 2.32 bits per heavy atom. The van der Waals surface area contributed by atoms with Crippen molar-refractivity contribution in [2.24, 2.45) is 28.6 Å². The first kappa shape index (κ1) is 24.6. The molecular formula is C27H31ClO6. The molecule has 4 rings (SSSR count). The molecule has 34 heavy (non-hydrogen) atoms. The van der Waals surface area contributed by atoms with Gasteiger partial charge in [-0.15, -0.1) is 0 Å². The summed E-state index contributed by atoms with van der Waals surface area (Å²) in [6.07, 6.45) is 4.17. The zero-order chi connectivity index (χ0) is 25.4. The van der Waals surface area contributed by atoms with E-state index in [0.717, 1.165) is 5.57 Å². The molecule has 0 N–H and O–H groups in total. The Morgan fingerprint density at radius 2 is 1.76 bits per heavy atom. The van der Waals surface area contributed by atoms with Crippen LogP contribution in [0.25, 0.3) is 0 Å². The SMILES string of the molecule is C=C1C(=C)[C@@]2(C)C(=CC1=O)C(Cl)=C[C@@H]1[C@@H]2CC[C@@]2(C)[C@H]1C(OC(C)=O)C[C@]2(OC(C)=O)C(C)=O. The summed E-state index contributed by atoms with van der Waals surface area (Å²) < 4.78 is 11.6. The molecule has 0 aromatic carbocycles. The summed E-state index contributed by atoms with van der Waals surface area (Å²) in [7, 11) is 0. The molecule has 0 aromatic heterocycles. The molecule has 2 saturated carbocycles. The van der Waals surface area contributed by atoms with Gasteiger partial charge in [0.2, 0.25) is 0 Å². The molecule has 0 heterocycles. The van der Waals surface area contributed by atoms with E-state index in [0.29, 0.717) is 29.0 Å². The summed E-state index contributed by atoms with van der Waals surface area (Å²) in [6.45, 7) is 16.2. The maximum atomic E-state index is 13.1. The van der Waals surface area contributed by atoms with Gasteiger partial charge in [0.15, 0.2) is 17.2 Å². The van der Waals surface area contributed by atoms with Crippen molar-refractivity contribution in [2.75, 3.05) is 0 Å². The van der Waals surface area contributed by atoms with E-state index in [9.17, 15) is 19.2 Å². The summed E-state index contributed by atoms with van der Waals surface area (Å²) >= 11 is 6.80. The van der Waals surface area contributed by atoms with Crippen molar-refractivity contribution >= 4 is 35.1 Å². The van der Waals surface area contributed by atoms with Gasteiger partial charge in [0.25, 0.3) is 0 Å². The third kappa shape index (κ3) is 3.07. The van der Waals surface area contributed by atoms with E-state index < -0.39 is 34.5 Å². The van der Waals surface area contributed by atoms with Gasteiger partial charge >= 0.3 is 11.9 Å². The molecule has 0 aliphatic heterocycles. The van der Waals surface area contributed by atoms with Gasteiger partial charge in [-0.2, -0.15) is 0 Å². The number of allylic oxidation sites excluding steroid dienone is 6.